The van der Waals surface area contributed by atoms with Crippen molar-refractivity contribution in [2.75, 3.05) is 5.73 Å². The second kappa shape index (κ2) is 4.92. The summed E-state index contributed by atoms with van der Waals surface area (Å²) in [5.74, 6) is 0.358. The number of fused-ring (bicyclic) bond motifs is 1. The predicted octanol–water partition coefficient (Wildman–Crippen LogP) is 2.44. The topological polar surface area (TPSA) is 82.0 Å². The van der Waals surface area contributed by atoms with Gasteiger partial charge in [0.2, 0.25) is 5.95 Å². The van der Waals surface area contributed by atoms with Gasteiger partial charge in [-0.25, -0.2) is 4.98 Å². The Morgan fingerprint density at radius 3 is 2.45 bits per heavy atom. The molecule has 0 aliphatic carbocycles. The van der Waals surface area contributed by atoms with E-state index >= 15 is 0 Å². The first kappa shape index (κ1) is 12.5. The Morgan fingerprint density at radius 2 is 1.68 bits per heavy atom. The lowest BCUT2D eigenvalue weighted by atomic mass is 10.0. The zero-order chi connectivity index (χ0) is 14.9. The van der Waals surface area contributed by atoms with E-state index in [9.17, 15) is 0 Å². The molecule has 0 unspecified atom stereocenters. The van der Waals surface area contributed by atoms with Crippen LogP contribution >= 0.6 is 0 Å². The number of pyridine rings is 1. The molecule has 0 radical (unpaired) electrons. The average molecular weight is 288 g/mol. The van der Waals surface area contributed by atoms with Crippen LogP contribution in [0.25, 0.3) is 28.0 Å². The molecule has 0 amide bonds. The number of nitrogens with two attached hydrogens (primary N) is 1. The maximum Gasteiger partial charge on any atom is 0.207 e. The Hall–Kier alpha value is -3.28. The van der Waals surface area contributed by atoms with Crippen LogP contribution in [0.5, 0.6) is 0 Å². The van der Waals surface area contributed by atoms with Gasteiger partial charge in [0, 0.05) is 18.0 Å². The van der Waals surface area contributed by atoms with Crippen LogP contribution in [0.2, 0.25) is 0 Å². The third kappa shape index (κ3) is 1.89. The van der Waals surface area contributed by atoms with Gasteiger partial charge in [0.05, 0.1) is 11.3 Å². The van der Waals surface area contributed by atoms with Gasteiger partial charge in [0.15, 0.2) is 5.65 Å². The highest BCUT2D eigenvalue weighted by atomic mass is 15.3. The molecule has 106 valence electrons. The van der Waals surface area contributed by atoms with Gasteiger partial charge in [-0.2, -0.15) is 0 Å². The lowest BCUT2D eigenvalue weighted by molar-refractivity contribution is 1.09. The largest absolute Gasteiger partial charge is 0.369 e. The molecule has 0 aliphatic heterocycles. The van der Waals surface area contributed by atoms with E-state index in [-0.39, 0.29) is 0 Å². The minimum atomic E-state index is 0.358. The van der Waals surface area contributed by atoms with E-state index < -0.39 is 0 Å². The van der Waals surface area contributed by atoms with Gasteiger partial charge in [-0.1, -0.05) is 30.3 Å². The van der Waals surface area contributed by atoms with Crippen molar-refractivity contribution in [2.45, 2.75) is 0 Å². The van der Waals surface area contributed by atoms with Crippen molar-refractivity contribution >= 4 is 11.6 Å². The second-order valence-electron chi connectivity index (χ2n) is 4.82. The van der Waals surface area contributed by atoms with Crippen LogP contribution in [0.1, 0.15) is 0 Å². The maximum atomic E-state index is 6.05. The van der Waals surface area contributed by atoms with Crippen molar-refractivity contribution < 1.29 is 0 Å². The normalized spacial score (nSPS) is 10.9. The third-order valence-corrected chi connectivity index (χ3v) is 3.50. The molecule has 0 aliphatic rings. The molecule has 22 heavy (non-hydrogen) atoms. The van der Waals surface area contributed by atoms with E-state index in [0.29, 0.717) is 11.6 Å². The number of benzene rings is 1. The molecule has 1 aromatic carbocycles. The summed E-state index contributed by atoms with van der Waals surface area (Å²) in [7, 11) is 0. The summed E-state index contributed by atoms with van der Waals surface area (Å²) in [6, 6.07) is 13.8. The fourth-order valence-corrected chi connectivity index (χ4v) is 2.49. The highest BCUT2D eigenvalue weighted by molar-refractivity contribution is 5.90. The molecule has 0 fully saturated rings. The lowest BCUT2D eigenvalue weighted by Gasteiger charge is -2.11. The standard InChI is InChI=1S/C16H12N6/c17-16-20-14(12-4-2-1-3-5-12)13(11-6-8-18-9-7-11)15-21-19-10-22(15)16/h1-10H,(H2,17,20). The number of hydrogen-bond donors (Lipinski definition) is 1. The van der Waals surface area contributed by atoms with Gasteiger partial charge in [-0.15, -0.1) is 10.2 Å². The van der Waals surface area contributed by atoms with Gasteiger partial charge >= 0.3 is 0 Å². The SMILES string of the molecule is Nc1nc(-c2ccccc2)c(-c2ccncc2)c2nncn12. The van der Waals surface area contributed by atoms with Crippen LogP contribution in [0.3, 0.4) is 0 Å². The Balaban J connectivity index is 2.12. The maximum absolute atomic E-state index is 6.05. The number of nitrogen functional groups attached to an aromatic ring is 1. The van der Waals surface area contributed by atoms with Crippen LogP contribution in [-0.4, -0.2) is 24.6 Å². The summed E-state index contributed by atoms with van der Waals surface area (Å²) >= 11 is 0. The Bertz CT molecular complexity index is 931. The lowest BCUT2D eigenvalue weighted by Crippen LogP contribution is -2.04. The first-order valence-electron chi connectivity index (χ1n) is 6.79. The van der Waals surface area contributed by atoms with Crippen molar-refractivity contribution in [3.63, 3.8) is 0 Å². The van der Waals surface area contributed by atoms with Crippen LogP contribution in [-0.2, 0) is 0 Å². The van der Waals surface area contributed by atoms with Crippen LogP contribution in [0, 0.1) is 0 Å². The quantitative estimate of drug-likeness (QED) is 0.612. The number of rotatable bonds is 2. The molecular weight excluding hydrogens is 276 g/mol. The minimum Gasteiger partial charge on any atom is -0.369 e. The van der Waals surface area contributed by atoms with Crippen LogP contribution in [0.4, 0.5) is 5.95 Å². The monoisotopic (exact) mass is 288 g/mol. The van der Waals surface area contributed by atoms with Gasteiger partial charge < -0.3 is 5.73 Å². The Labute approximate surface area is 126 Å². The van der Waals surface area contributed by atoms with Gasteiger partial charge in [0.1, 0.15) is 6.33 Å². The molecule has 3 heterocycles. The van der Waals surface area contributed by atoms with Gasteiger partial charge in [-0.05, 0) is 17.7 Å². The first-order valence-corrected chi connectivity index (χ1v) is 6.79. The van der Waals surface area contributed by atoms with Gasteiger partial charge in [-0.3, -0.25) is 9.38 Å². The van der Waals surface area contributed by atoms with Crippen molar-refractivity contribution in [3.8, 4) is 22.4 Å². The summed E-state index contributed by atoms with van der Waals surface area (Å²) in [4.78, 5) is 8.63. The molecule has 0 spiro atoms. The fourth-order valence-electron chi connectivity index (χ4n) is 2.49. The third-order valence-electron chi connectivity index (χ3n) is 3.50. The van der Waals surface area contributed by atoms with E-state index in [1.54, 1.807) is 23.1 Å². The van der Waals surface area contributed by atoms with E-state index in [4.69, 9.17) is 5.73 Å². The first-order chi connectivity index (χ1) is 10.8. The molecule has 6 nitrogen and oxygen atoms in total. The molecule has 4 rings (SSSR count). The molecule has 2 N–H and O–H groups in total. The summed E-state index contributed by atoms with van der Waals surface area (Å²) in [6.45, 7) is 0. The average Bonchev–Trinajstić information content (AvgIpc) is 3.06. The highest BCUT2D eigenvalue weighted by Crippen LogP contribution is 2.33. The molecular formula is C16H12N6. The number of nitrogens with zero attached hydrogens (tertiary/aromatic N) is 5. The summed E-state index contributed by atoms with van der Waals surface area (Å²) < 4.78 is 1.68. The molecule has 6 heteroatoms. The zero-order valence-corrected chi connectivity index (χ0v) is 11.6. The van der Waals surface area contributed by atoms with E-state index in [1.165, 1.54) is 0 Å². The number of aromatic nitrogens is 5. The summed E-state index contributed by atoms with van der Waals surface area (Å²) in [6.07, 6.45) is 5.05. The summed E-state index contributed by atoms with van der Waals surface area (Å²) in [5.41, 5.74) is 10.3. The molecule has 3 aromatic heterocycles. The number of anilines is 1. The van der Waals surface area contributed by atoms with E-state index in [0.717, 1.165) is 22.4 Å². The van der Waals surface area contributed by atoms with E-state index in [2.05, 4.69) is 20.2 Å². The van der Waals surface area contributed by atoms with Crippen LogP contribution in [0.15, 0.2) is 61.2 Å². The smallest absolute Gasteiger partial charge is 0.207 e. The van der Waals surface area contributed by atoms with Crippen molar-refractivity contribution in [2.24, 2.45) is 0 Å². The Morgan fingerprint density at radius 1 is 0.909 bits per heavy atom. The second-order valence-corrected chi connectivity index (χ2v) is 4.82. The number of hydrogen-bond acceptors (Lipinski definition) is 5. The zero-order valence-electron chi connectivity index (χ0n) is 11.6. The molecule has 0 bridgehead atoms. The molecule has 0 saturated carbocycles. The van der Waals surface area contributed by atoms with Crippen molar-refractivity contribution in [3.05, 3.63) is 61.2 Å². The van der Waals surface area contributed by atoms with E-state index in [1.807, 2.05) is 42.5 Å². The van der Waals surface area contributed by atoms with Crippen molar-refractivity contribution in [1.82, 2.24) is 24.6 Å². The minimum absolute atomic E-state index is 0.358. The van der Waals surface area contributed by atoms with Crippen LogP contribution < -0.4 is 5.73 Å². The molecule has 0 saturated heterocycles. The van der Waals surface area contributed by atoms with Gasteiger partial charge in [0.25, 0.3) is 0 Å². The van der Waals surface area contributed by atoms with Crippen molar-refractivity contribution in [1.29, 1.82) is 0 Å². The molecule has 4 aromatic rings. The molecule has 0 atom stereocenters. The fraction of sp³-hybridized carbons (Fsp3) is 0. The highest BCUT2D eigenvalue weighted by Gasteiger charge is 2.17. The Kier molecular flexibility index (Phi) is 2.79. The summed E-state index contributed by atoms with van der Waals surface area (Å²) in [5, 5.41) is 8.18. The predicted molar refractivity (Wildman–Crippen MR) is 83.9 cm³/mol.